The molecular weight excluding hydrogens is 474 g/mol. The third kappa shape index (κ3) is 6.39. The summed E-state index contributed by atoms with van der Waals surface area (Å²) in [6, 6.07) is 17.8. The van der Waals surface area contributed by atoms with Gasteiger partial charge in [0, 0.05) is 49.3 Å². The van der Waals surface area contributed by atoms with Crippen LogP contribution in [-0.4, -0.2) is 66.3 Å². The van der Waals surface area contributed by atoms with Crippen LogP contribution in [0.25, 0.3) is 0 Å². The highest BCUT2D eigenvalue weighted by molar-refractivity contribution is 7.80. The van der Waals surface area contributed by atoms with E-state index >= 15 is 0 Å². The monoisotopic (exact) mass is 505 g/mol. The minimum absolute atomic E-state index is 0.288. The van der Waals surface area contributed by atoms with Gasteiger partial charge in [0.1, 0.15) is 11.5 Å². The second-order valence-corrected chi connectivity index (χ2v) is 8.73. The van der Waals surface area contributed by atoms with Crippen molar-refractivity contribution in [3.63, 3.8) is 0 Å². The molecule has 1 aliphatic rings. The lowest BCUT2D eigenvalue weighted by atomic mass is 10.2. The Morgan fingerprint density at radius 3 is 2.22 bits per heavy atom. The number of aromatic nitrogens is 2. The number of thiocarbonyl (C=S) groups is 1. The van der Waals surface area contributed by atoms with Crippen LogP contribution in [0.5, 0.6) is 11.5 Å². The normalized spacial score (nSPS) is 13.8. The van der Waals surface area contributed by atoms with Gasteiger partial charge < -0.3 is 24.6 Å². The summed E-state index contributed by atoms with van der Waals surface area (Å²) in [5, 5.41) is 6.76. The van der Waals surface area contributed by atoms with E-state index in [2.05, 4.69) is 54.7 Å². The second kappa shape index (κ2) is 11.7. The molecule has 4 rings (SSSR count). The number of piperazine rings is 1. The van der Waals surface area contributed by atoms with E-state index in [1.807, 2.05) is 38.1 Å². The SMILES string of the molecule is COc1ccc(NC(=S)/N=C(/Nc2nc(C)cc(C)n2)N2CCN(c3ccccc3)CC2)c(OC)c1. The number of nitrogens with zero attached hydrogens (tertiary/aromatic N) is 5. The first-order valence-corrected chi connectivity index (χ1v) is 12.1. The van der Waals surface area contributed by atoms with Gasteiger partial charge in [0.2, 0.25) is 17.0 Å². The first-order chi connectivity index (χ1) is 17.4. The van der Waals surface area contributed by atoms with Crippen LogP contribution < -0.4 is 25.0 Å². The zero-order valence-corrected chi connectivity index (χ0v) is 21.8. The first-order valence-electron chi connectivity index (χ1n) is 11.7. The van der Waals surface area contributed by atoms with E-state index in [0.717, 1.165) is 37.6 Å². The molecular formula is C26H31N7O2S. The Labute approximate surface area is 217 Å². The molecule has 10 heteroatoms. The summed E-state index contributed by atoms with van der Waals surface area (Å²) in [5.74, 6) is 2.38. The standard InChI is InChI=1S/C26H31N7O2S/c1-18-16-19(2)28-24(27-18)30-25(33-14-12-32(13-15-33)20-8-6-5-7-9-20)31-26(36)29-22-11-10-21(34-3)17-23(22)35-4/h5-11,16-17H,12-15H2,1-4H3,(H2,27,28,29,30,31,36). The van der Waals surface area contributed by atoms with E-state index in [-0.39, 0.29) is 5.11 Å². The molecule has 2 N–H and O–H groups in total. The Bertz CT molecular complexity index is 1210. The lowest BCUT2D eigenvalue weighted by Gasteiger charge is -2.37. The maximum Gasteiger partial charge on any atom is 0.229 e. The summed E-state index contributed by atoms with van der Waals surface area (Å²) in [6.45, 7) is 7.12. The van der Waals surface area contributed by atoms with E-state index in [1.54, 1.807) is 20.3 Å². The summed E-state index contributed by atoms with van der Waals surface area (Å²) in [5.41, 5.74) is 3.66. The molecule has 1 aliphatic heterocycles. The molecule has 0 unspecified atom stereocenters. The van der Waals surface area contributed by atoms with Gasteiger partial charge in [-0.15, -0.1) is 0 Å². The number of rotatable bonds is 5. The summed E-state index contributed by atoms with van der Waals surface area (Å²) >= 11 is 5.61. The predicted molar refractivity (Wildman–Crippen MR) is 149 cm³/mol. The zero-order chi connectivity index (χ0) is 25.5. The first kappa shape index (κ1) is 25.2. The van der Waals surface area contributed by atoms with Gasteiger partial charge in [-0.3, -0.25) is 5.32 Å². The average Bonchev–Trinajstić information content (AvgIpc) is 2.88. The van der Waals surface area contributed by atoms with Gasteiger partial charge in [-0.25, -0.2) is 9.97 Å². The van der Waals surface area contributed by atoms with E-state index in [9.17, 15) is 0 Å². The van der Waals surface area contributed by atoms with Crippen LogP contribution in [0.15, 0.2) is 59.6 Å². The van der Waals surface area contributed by atoms with E-state index in [4.69, 9.17) is 26.7 Å². The molecule has 0 aliphatic carbocycles. The number of aliphatic imine (C=N–C) groups is 1. The lowest BCUT2D eigenvalue weighted by molar-refractivity contribution is 0.385. The largest absolute Gasteiger partial charge is 0.497 e. The highest BCUT2D eigenvalue weighted by Crippen LogP contribution is 2.29. The summed E-state index contributed by atoms with van der Waals surface area (Å²) < 4.78 is 10.8. The fourth-order valence-electron chi connectivity index (χ4n) is 4.02. The topological polar surface area (TPSA) is 87.1 Å². The Hall–Kier alpha value is -3.92. The van der Waals surface area contributed by atoms with Crippen LogP contribution in [-0.2, 0) is 0 Å². The Balaban J connectivity index is 1.55. The highest BCUT2D eigenvalue weighted by Gasteiger charge is 2.22. The third-order valence-corrected chi connectivity index (χ3v) is 5.96. The number of anilines is 3. The van der Waals surface area contributed by atoms with Crippen molar-refractivity contribution in [3.8, 4) is 11.5 Å². The van der Waals surface area contributed by atoms with Gasteiger partial charge in [0.05, 0.1) is 19.9 Å². The molecule has 1 fully saturated rings. The number of nitrogens with one attached hydrogen (secondary N) is 2. The van der Waals surface area contributed by atoms with E-state index in [0.29, 0.717) is 29.1 Å². The molecule has 36 heavy (non-hydrogen) atoms. The van der Waals surface area contributed by atoms with Crippen molar-refractivity contribution >= 4 is 40.6 Å². The van der Waals surface area contributed by atoms with Crippen molar-refractivity contribution in [2.75, 3.05) is 55.9 Å². The molecule has 3 aromatic rings. The van der Waals surface area contributed by atoms with E-state index in [1.165, 1.54) is 5.69 Å². The van der Waals surface area contributed by atoms with Crippen LogP contribution in [0, 0.1) is 13.8 Å². The molecule has 0 saturated carbocycles. The van der Waals surface area contributed by atoms with Crippen molar-refractivity contribution < 1.29 is 9.47 Å². The van der Waals surface area contributed by atoms with Gasteiger partial charge in [0.25, 0.3) is 0 Å². The summed E-state index contributed by atoms with van der Waals surface area (Å²) in [4.78, 5) is 18.3. The van der Waals surface area contributed by atoms with Crippen molar-refractivity contribution in [1.29, 1.82) is 0 Å². The molecule has 0 spiro atoms. The number of aryl methyl sites for hydroxylation is 2. The van der Waals surface area contributed by atoms with Crippen LogP contribution in [0.1, 0.15) is 11.4 Å². The average molecular weight is 506 g/mol. The number of benzene rings is 2. The molecule has 0 radical (unpaired) electrons. The third-order valence-electron chi connectivity index (χ3n) is 5.76. The Kier molecular flexibility index (Phi) is 8.17. The Morgan fingerprint density at radius 1 is 0.889 bits per heavy atom. The smallest absolute Gasteiger partial charge is 0.229 e. The van der Waals surface area contributed by atoms with Crippen molar-refractivity contribution in [2.24, 2.45) is 4.99 Å². The Morgan fingerprint density at radius 2 is 1.58 bits per heavy atom. The molecule has 0 atom stereocenters. The van der Waals surface area contributed by atoms with Crippen LogP contribution in [0.3, 0.4) is 0 Å². The molecule has 2 heterocycles. The van der Waals surface area contributed by atoms with Gasteiger partial charge in [-0.05, 0) is 56.4 Å². The lowest BCUT2D eigenvalue weighted by Crippen LogP contribution is -2.51. The highest BCUT2D eigenvalue weighted by atomic mass is 32.1. The number of methoxy groups -OCH3 is 2. The number of para-hydroxylation sites is 1. The minimum Gasteiger partial charge on any atom is -0.497 e. The minimum atomic E-state index is 0.288. The van der Waals surface area contributed by atoms with Crippen molar-refractivity contribution in [3.05, 3.63) is 66.0 Å². The van der Waals surface area contributed by atoms with Crippen LogP contribution in [0.4, 0.5) is 17.3 Å². The maximum atomic E-state index is 5.61. The molecule has 1 saturated heterocycles. The molecule has 9 nitrogen and oxygen atoms in total. The molecule has 1 aromatic heterocycles. The molecule has 2 aromatic carbocycles. The second-order valence-electron chi connectivity index (χ2n) is 8.34. The molecule has 0 bridgehead atoms. The fraction of sp³-hybridized carbons (Fsp3) is 0.308. The predicted octanol–water partition coefficient (Wildman–Crippen LogP) is 4.10. The van der Waals surface area contributed by atoms with Gasteiger partial charge >= 0.3 is 0 Å². The van der Waals surface area contributed by atoms with Crippen molar-refractivity contribution in [2.45, 2.75) is 13.8 Å². The van der Waals surface area contributed by atoms with Gasteiger partial charge in [-0.2, -0.15) is 4.99 Å². The number of hydrogen-bond acceptors (Lipinski definition) is 6. The zero-order valence-electron chi connectivity index (χ0n) is 21.0. The van der Waals surface area contributed by atoms with E-state index < -0.39 is 0 Å². The summed E-state index contributed by atoms with van der Waals surface area (Å²) in [7, 11) is 3.21. The van der Waals surface area contributed by atoms with Crippen molar-refractivity contribution in [1.82, 2.24) is 14.9 Å². The number of hydrogen-bond donors (Lipinski definition) is 2. The maximum absolute atomic E-state index is 5.61. The number of guanidine groups is 1. The number of ether oxygens (including phenoxy) is 2. The fourth-order valence-corrected chi connectivity index (χ4v) is 4.21. The molecule has 0 amide bonds. The van der Waals surface area contributed by atoms with Crippen LogP contribution >= 0.6 is 12.2 Å². The van der Waals surface area contributed by atoms with Gasteiger partial charge in [0.15, 0.2) is 0 Å². The summed E-state index contributed by atoms with van der Waals surface area (Å²) in [6.07, 6.45) is 0. The van der Waals surface area contributed by atoms with Crippen LogP contribution in [0.2, 0.25) is 0 Å². The quantitative estimate of drug-likeness (QED) is 0.302. The molecule has 188 valence electrons. The van der Waals surface area contributed by atoms with Gasteiger partial charge in [-0.1, -0.05) is 18.2 Å².